The second-order valence-electron chi connectivity index (χ2n) is 4.26. The Hall–Kier alpha value is -2.38. The molecule has 0 amide bonds. The third kappa shape index (κ3) is 2.07. The molecule has 0 saturated carbocycles. The molecule has 0 spiro atoms. The number of nitro groups is 1. The molecule has 2 heterocycles. The first-order chi connectivity index (χ1) is 10.0. The van der Waals surface area contributed by atoms with Gasteiger partial charge in [0, 0.05) is 11.5 Å². The maximum Gasteiger partial charge on any atom is 0.349 e. The number of anilines is 1. The van der Waals surface area contributed by atoms with Gasteiger partial charge in [0.1, 0.15) is 10.5 Å². The Kier molecular flexibility index (Phi) is 3.15. The van der Waals surface area contributed by atoms with Gasteiger partial charge in [0.15, 0.2) is 0 Å². The fourth-order valence-corrected chi connectivity index (χ4v) is 3.35. The van der Waals surface area contributed by atoms with E-state index in [9.17, 15) is 14.9 Å². The third-order valence-corrected chi connectivity index (χ3v) is 4.50. The standard InChI is InChI=1S/C13H8ClN3O3S/c14-8-3-1-2-4-9(8)16-10(18)6-5-7-11(15)13(17(19)20)21-12(7)16/h1-6H,15H2. The highest BCUT2D eigenvalue weighted by Gasteiger charge is 2.22. The van der Waals surface area contributed by atoms with Crippen LogP contribution in [0.4, 0.5) is 10.7 Å². The molecule has 0 aliphatic rings. The number of nitrogens with zero attached hydrogens (tertiary/aromatic N) is 2. The van der Waals surface area contributed by atoms with Gasteiger partial charge in [0.25, 0.3) is 5.56 Å². The van der Waals surface area contributed by atoms with Gasteiger partial charge in [0.05, 0.1) is 15.6 Å². The molecule has 2 aromatic heterocycles. The number of hydrogen-bond acceptors (Lipinski definition) is 5. The van der Waals surface area contributed by atoms with Crippen molar-refractivity contribution in [3.05, 3.63) is 61.9 Å². The van der Waals surface area contributed by atoms with Crippen LogP contribution in [0.15, 0.2) is 41.2 Å². The Balaban J connectivity index is 2.45. The summed E-state index contributed by atoms with van der Waals surface area (Å²) in [4.78, 5) is 23.0. The number of benzene rings is 1. The van der Waals surface area contributed by atoms with Crippen LogP contribution in [0.25, 0.3) is 15.9 Å². The fraction of sp³-hybridized carbons (Fsp3) is 0. The van der Waals surface area contributed by atoms with E-state index in [0.717, 1.165) is 11.3 Å². The normalized spacial score (nSPS) is 10.9. The quantitative estimate of drug-likeness (QED) is 0.579. The molecule has 21 heavy (non-hydrogen) atoms. The Bertz CT molecular complexity index is 932. The van der Waals surface area contributed by atoms with Crippen LogP contribution in [0.1, 0.15) is 0 Å². The van der Waals surface area contributed by atoms with Gasteiger partial charge in [-0.3, -0.25) is 19.5 Å². The van der Waals surface area contributed by atoms with E-state index in [0.29, 0.717) is 20.9 Å². The lowest BCUT2D eigenvalue weighted by Crippen LogP contribution is -2.16. The van der Waals surface area contributed by atoms with E-state index in [2.05, 4.69) is 0 Å². The molecule has 1 aromatic carbocycles. The number of halogens is 1. The number of aromatic nitrogens is 1. The van der Waals surface area contributed by atoms with Crippen LogP contribution in [0, 0.1) is 10.1 Å². The van der Waals surface area contributed by atoms with Crippen LogP contribution in [0.5, 0.6) is 0 Å². The predicted octanol–water partition coefficient (Wildman–Crippen LogP) is 3.20. The maximum absolute atomic E-state index is 12.2. The summed E-state index contributed by atoms with van der Waals surface area (Å²) in [6.07, 6.45) is 0. The van der Waals surface area contributed by atoms with Crippen molar-refractivity contribution in [2.75, 3.05) is 5.73 Å². The molecule has 0 aliphatic heterocycles. The Labute approximate surface area is 127 Å². The third-order valence-electron chi connectivity index (χ3n) is 3.02. The van der Waals surface area contributed by atoms with Crippen molar-refractivity contribution in [3.63, 3.8) is 0 Å². The van der Waals surface area contributed by atoms with E-state index in [4.69, 9.17) is 17.3 Å². The smallest absolute Gasteiger partial charge is 0.349 e. The van der Waals surface area contributed by atoms with Gasteiger partial charge in [-0.25, -0.2) is 0 Å². The summed E-state index contributed by atoms with van der Waals surface area (Å²) in [5.74, 6) is 0. The van der Waals surface area contributed by atoms with Crippen LogP contribution >= 0.6 is 22.9 Å². The molecule has 3 rings (SSSR count). The Morgan fingerprint density at radius 3 is 2.62 bits per heavy atom. The van der Waals surface area contributed by atoms with Crippen LogP contribution in [0.2, 0.25) is 5.02 Å². The van der Waals surface area contributed by atoms with E-state index in [1.54, 1.807) is 24.3 Å². The van der Waals surface area contributed by atoms with E-state index in [1.165, 1.54) is 16.7 Å². The lowest BCUT2D eigenvalue weighted by atomic mass is 10.2. The number of nitrogens with two attached hydrogens (primary N) is 1. The topological polar surface area (TPSA) is 91.2 Å². The zero-order valence-corrected chi connectivity index (χ0v) is 12.0. The number of pyridine rings is 1. The summed E-state index contributed by atoms with van der Waals surface area (Å²) >= 11 is 6.98. The minimum atomic E-state index is -0.554. The second kappa shape index (κ2) is 4.87. The Morgan fingerprint density at radius 1 is 1.24 bits per heavy atom. The minimum Gasteiger partial charge on any atom is -0.392 e. The lowest BCUT2D eigenvalue weighted by molar-refractivity contribution is -0.379. The number of fused-ring (bicyclic) bond motifs is 1. The summed E-state index contributed by atoms with van der Waals surface area (Å²) in [5, 5.41) is 11.7. The number of rotatable bonds is 2. The van der Waals surface area contributed by atoms with Crippen molar-refractivity contribution in [2.24, 2.45) is 0 Å². The van der Waals surface area contributed by atoms with E-state index in [1.807, 2.05) is 0 Å². The molecule has 0 saturated heterocycles. The summed E-state index contributed by atoms with van der Waals surface area (Å²) in [6, 6.07) is 9.60. The second-order valence-corrected chi connectivity index (χ2v) is 5.64. The zero-order chi connectivity index (χ0) is 15.1. The van der Waals surface area contributed by atoms with Crippen molar-refractivity contribution in [1.82, 2.24) is 4.57 Å². The maximum atomic E-state index is 12.2. The summed E-state index contributed by atoms with van der Waals surface area (Å²) in [6.45, 7) is 0. The molecule has 0 unspecified atom stereocenters. The SMILES string of the molecule is Nc1c([N+](=O)[O-])sc2c1ccc(=O)n2-c1ccccc1Cl. The molecule has 0 radical (unpaired) electrons. The van der Waals surface area contributed by atoms with E-state index < -0.39 is 4.92 Å². The molecule has 0 bridgehead atoms. The van der Waals surface area contributed by atoms with Crippen molar-refractivity contribution < 1.29 is 4.92 Å². The average Bonchev–Trinajstić information content (AvgIpc) is 2.78. The van der Waals surface area contributed by atoms with Gasteiger partial charge in [-0.2, -0.15) is 0 Å². The fourth-order valence-electron chi connectivity index (χ4n) is 2.09. The highest BCUT2D eigenvalue weighted by Crippen LogP contribution is 2.39. The average molecular weight is 322 g/mol. The highest BCUT2D eigenvalue weighted by molar-refractivity contribution is 7.22. The lowest BCUT2D eigenvalue weighted by Gasteiger charge is -2.08. The van der Waals surface area contributed by atoms with Crippen molar-refractivity contribution in [3.8, 4) is 5.69 Å². The molecule has 0 aliphatic carbocycles. The molecular weight excluding hydrogens is 314 g/mol. The number of para-hydroxylation sites is 1. The monoisotopic (exact) mass is 321 g/mol. The van der Waals surface area contributed by atoms with Gasteiger partial charge in [-0.05, 0) is 29.5 Å². The van der Waals surface area contributed by atoms with Crippen LogP contribution in [0.3, 0.4) is 0 Å². The van der Waals surface area contributed by atoms with Gasteiger partial charge in [0.2, 0.25) is 0 Å². The zero-order valence-electron chi connectivity index (χ0n) is 10.4. The summed E-state index contributed by atoms with van der Waals surface area (Å²) in [5.41, 5.74) is 5.99. The summed E-state index contributed by atoms with van der Waals surface area (Å²) in [7, 11) is 0. The largest absolute Gasteiger partial charge is 0.392 e. The van der Waals surface area contributed by atoms with Gasteiger partial charge < -0.3 is 5.73 Å². The van der Waals surface area contributed by atoms with Crippen LogP contribution in [-0.2, 0) is 0 Å². The Morgan fingerprint density at radius 2 is 1.95 bits per heavy atom. The molecule has 8 heteroatoms. The molecule has 106 valence electrons. The van der Waals surface area contributed by atoms with Crippen LogP contribution in [-0.4, -0.2) is 9.49 Å². The molecule has 3 aromatic rings. The molecule has 0 fully saturated rings. The van der Waals surface area contributed by atoms with E-state index in [-0.39, 0.29) is 16.2 Å². The number of thiophene rings is 1. The summed E-state index contributed by atoms with van der Waals surface area (Å²) < 4.78 is 1.34. The molecule has 6 nitrogen and oxygen atoms in total. The predicted molar refractivity (Wildman–Crippen MR) is 83.5 cm³/mol. The molecule has 2 N–H and O–H groups in total. The number of nitrogen functional groups attached to an aromatic ring is 1. The molecular formula is C13H8ClN3O3S. The van der Waals surface area contributed by atoms with Crippen molar-refractivity contribution in [1.29, 1.82) is 0 Å². The highest BCUT2D eigenvalue weighted by atomic mass is 35.5. The van der Waals surface area contributed by atoms with Crippen molar-refractivity contribution >= 4 is 43.8 Å². The first-order valence-electron chi connectivity index (χ1n) is 5.84. The van der Waals surface area contributed by atoms with Crippen molar-refractivity contribution in [2.45, 2.75) is 0 Å². The van der Waals surface area contributed by atoms with E-state index >= 15 is 0 Å². The molecule has 0 atom stereocenters. The first-order valence-corrected chi connectivity index (χ1v) is 7.03. The van der Waals surface area contributed by atoms with Gasteiger partial charge in [-0.15, -0.1) is 0 Å². The van der Waals surface area contributed by atoms with Crippen LogP contribution < -0.4 is 11.3 Å². The number of hydrogen-bond donors (Lipinski definition) is 1. The first kappa shape index (κ1) is 13.6. The van der Waals surface area contributed by atoms with Gasteiger partial charge in [-0.1, -0.05) is 23.7 Å². The minimum absolute atomic E-state index is 0.0563. The van der Waals surface area contributed by atoms with Gasteiger partial charge >= 0.3 is 5.00 Å².